The van der Waals surface area contributed by atoms with Gasteiger partial charge in [0.05, 0.1) is 6.10 Å². The highest BCUT2D eigenvalue weighted by Crippen LogP contribution is 2.32. The zero-order chi connectivity index (χ0) is 13.8. The number of benzene rings is 2. The topological polar surface area (TPSA) is 20.2 Å². The first-order valence-corrected chi connectivity index (χ1v) is 7.21. The maximum atomic E-state index is 13.9. The third-order valence-electron chi connectivity index (χ3n) is 2.91. The molecule has 0 heterocycles. The second-order valence-electron chi connectivity index (χ2n) is 4.61. The van der Waals surface area contributed by atoms with Gasteiger partial charge in [-0.2, -0.15) is 0 Å². The van der Waals surface area contributed by atoms with Crippen molar-refractivity contribution in [2.75, 3.05) is 0 Å². The van der Waals surface area contributed by atoms with Crippen LogP contribution in [0.5, 0.6) is 0 Å². The Morgan fingerprint density at radius 1 is 1.21 bits per heavy atom. The molecule has 100 valence electrons. The molecule has 0 saturated heterocycles. The van der Waals surface area contributed by atoms with Crippen LogP contribution in [-0.4, -0.2) is 5.11 Å². The molecule has 0 spiro atoms. The molecule has 0 aliphatic heterocycles. The molecule has 0 radical (unpaired) electrons. The van der Waals surface area contributed by atoms with Gasteiger partial charge in [0.2, 0.25) is 0 Å². The third-order valence-corrected chi connectivity index (χ3v) is 4.11. The van der Waals surface area contributed by atoms with Crippen LogP contribution in [0.2, 0.25) is 0 Å². The summed E-state index contributed by atoms with van der Waals surface area (Å²) in [5.74, 6) is 0.429. The maximum absolute atomic E-state index is 13.9. The molecular weight excluding hydrogens is 259 g/mol. The van der Waals surface area contributed by atoms with Crippen molar-refractivity contribution in [3.8, 4) is 0 Å². The fourth-order valence-corrected chi connectivity index (χ4v) is 3.07. The minimum atomic E-state index is -0.657. The van der Waals surface area contributed by atoms with Gasteiger partial charge in [0.1, 0.15) is 5.82 Å². The number of aliphatic hydroxyl groups excluding tert-OH is 1. The molecule has 0 fully saturated rings. The molecule has 1 unspecified atom stereocenters. The average molecular weight is 276 g/mol. The summed E-state index contributed by atoms with van der Waals surface area (Å²) in [4.78, 5) is 0.541. The highest BCUT2D eigenvalue weighted by atomic mass is 32.2. The predicted molar refractivity (Wildman–Crippen MR) is 77.8 cm³/mol. The fourth-order valence-electron chi connectivity index (χ4n) is 1.96. The van der Waals surface area contributed by atoms with Gasteiger partial charge < -0.3 is 5.11 Å². The predicted octanol–water partition coefficient (Wildman–Crippen LogP) is 4.48. The molecule has 0 saturated carbocycles. The summed E-state index contributed by atoms with van der Waals surface area (Å²) >= 11 is 1.43. The second kappa shape index (κ2) is 6.22. The first kappa shape index (κ1) is 14.1. The summed E-state index contributed by atoms with van der Waals surface area (Å²) in [6, 6.07) is 13.0. The van der Waals surface area contributed by atoms with Crippen LogP contribution in [0.25, 0.3) is 0 Å². The second-order valence-corrected chi connectivity index (χ2v) is 5.60. The van der Waals surface area contributed by atoms with Crippen LogP contribution in [0.1, 0.15) is 29.7 Å². The summed E-state index contributed by atoms with van der Waals surface area (Å²) in [7, 11) is 0. The molecule has 2 aromatic rings. The van der Waals surface area contributed by atoms with Crippen molar-refractivity contribution in [3.63, 3.8) is 0 Å². The monoisotopic (exact) mass is 276 g/mol. The van der Waals surface area contributed by atoms with Crippen molar-refractivity contribution in [2.24, 2.45) is 0 Å². The molecule has 1 atom stereocenters. The Labute approximate surface area is 117 Å². The van der Waals surface area contributed by atoms with Crippen LogP contribution in [0.3, 0.4) is 0 Å². The molecule has 0 bridgehead atoms. The Hall–Kier alpha value is -1.32. The highest BCUT2D eigenvalue weighted by molar-refractivity contribution is 7.98. The van der Waals surface area contributed by atoms with Crippen LogP contribution >= 0.6 is 11.8 Å². The van der Waals surface area contributed by atoms with E-state index < -0.39 is 6.10 Å². The molecule has 0 aromatic heterocycles. The van der Waals surface area contributed by atoms with E-state index in [-0.39, 0.29) is 5.82 Å². The molecule has 19 heavy (non-hydrogen) atoms. The van der Waals surface area contributed by atoms with E-state index in [4.69, 9.17) is 0 Å². The van der Waals surface area contributed by atoms with Crippen LogP contribution in [0.15, 0.2) is 47.4 Å². The van der Waals surface area contributed by atoms with Crippen LogP contribution in [-0.2, 0) is 5.75 Å². The van der Waals surface area contributed by atoms with Gasteiger partial charge in [-0.05, 0) is 31.0 Å². The number of hydrogen-bond donors (Lipinski definition) is 1. The minimum absolute atomic E-state index is 0.268. The van der Waals surface area contributed by atoms with Gasteiger partial charge >= 0.3 is 0 Å². The normalized spacial score (nSPS) is 12.4. The maximum Gasteiger partial charge on any atom is 0.137 e. The van der Waals surface area contributed by atoms with Crippen LogP contribution in [0, 0.1) is 12.7 Å². The lowest BCUT2D eigenvalue weighted by atomic mass is 10.1. The molecule has 3 heteroatoms. The van der Waals surface area contributed by atoms with E-state index in [9.17, 15) is 9.50 Å². The van der Waals surface area contributed by atoms with Crippen molar-refractivity contribution in [3.05, 3.63) is 65.0 Å². The van der Waals surface area contributed by atoms with Crippen molar-refractivity contribution < 1.29 is 9.50 Å². The van der Waals surface area contributed by atoms with Crippen molar-refractivity contribution in [1.29, 1.82) is 0 Å². The van der Waals surface area contributed by atoms with Crippen molar-refractivity contribution in [2.45, 2.75) is 30.6 Å². The van der Waals surface area contributed by atoms with Gasteiger partial charge in [0, 0.05) is 10.6 Å². The van der Waals surface area contributed by atoms with E-state index in [0.717, 1.165) is 5.56 Å². The summed E-state index contributed by atoms with van der Waals surface area (Å²) in [6.45, 7) is 3.70. The van der Waals surface area contributed by atoms with E-state index in [1.165, 1.54) is 23.4 Å². The lowest BCUT2D eigenvalue weighted by Crippen LogP contribution is -1.97. The number of aryl methyl sites for hydroxylation is 1. The Bertz CT molecular complexity index is 566. The van der Waals surface area contributed by atoms with Gasteiger partial charge in [-0.15, -0.1) is 11.8 Å². The molecular formula is C16H17FOS. The Morgan fingerprint density at radius 3 is 2.63 bits per heavy atom. The molecule has 0 aliphatic rings. The van der Waals surface area contributed by atoms with E-state index in [1.807, 2.05) is 25.1 Å². The van der Waals surface area contributed by atoms with Crippen LogP contribution < -0.4 is 0 Å². The Kier molecular flexibility index (Phi) is 4.61. The molecule has 2 rings (SSSR count). The number of thioether (sulfide) groups is 1. The van der Waals surface area contributed by atoms with E-state index in [0.29, 0.717) is 16.2 Å². The average Bonchev–Trinajstić information content (AvgIpc) is 2.37. The first-order valence-electron chi connectivity index (χ1n) is 6.22. The van der Waals surface area contributed by atoms with Gasteiger partial charge in [-0.1, -0.05) is 42.0 Å². The number of hydrogen-bond acceptors (Lipinski definition) is 2. The Morgan fingerprint density at radius 2 is 1.95 bits per heavy atom. The third kappa shape index (κ3) is 3.58. The Balaban J connectivity index is 2.19. The van der Waals surface area contributed by atoms with Crippen molar-refractivity contribution >= 4 is 11.8 Å². The lowest BCUT2D eigenvalue weighted by Gasteiger charge is -2.12. The van der Waals surface area contributed by atoms with Gasteiger partial charge in [0.25, 0.3) is 0 Å². The number of rotatable bonds is 4. The van der Waals surface area contributed by atoms with Gasteiger partial charge in [0.15, 0.2) is 0 Å². The summed E-state index contributed by atoms with van der Waals surface area (Å²) in [5, 5.41) is 9.69. The zero-order valence-corrected chi connectivity index (χ0v) is 11.9. The number of aliphatic hydroxyl groups is 1. The van der Waals surface area contributed by atoms with E-state index in [1.54, 1.807) is 19.1 Å². The van der Waals surface area contributed by atoms with Crippen molar-refractivity contribution in [1.82, 2.24) is 0 Å². The minimum Gasteiger partial charge on any atom is -0.389 e. The molecule has 2 aromatic carbocycles. The molecule has 1 N–H and O–H groups in total. The smallest absolute Gasteiger partial charge is 0.137 e. The summed E-state index contributed by atoms with van der Waals surface area (Å²) < 4.78 is 13.9. The van der Waals surface area contributed by atoms with Gasteiger partial charge in [-0.25, -0.2) is 4.39 Å². The quantitative estimate of drug-likeness (QED) is 0.831. The molecule has 1 nitrogen and oxygen atoms in total. The highest BCUT2D eigenvalue weighted by Gasteiger charge is 2.12. The fraction of sp³-hybridized carbons (Fsp3) is 0.250. The molecule has 0 amide bonds. The molecule has 0 aliphatic carbocycles. The van der Waals surface area contributed by atoms with E-state index >= 15 is 0 Å². The van der Waals surface area contributed by atoms with Crippen LogP contribution in [0.4, 0.5) is 4.39 Å². The van der Waals surface area contributed by atoms with Gasteiger partial charge in [-0.3, -0.25) is 0 Å². The van der Waals surface area contributed by atoms with E-state index in [2.05, 4.69) is 6.07 Å². The first-order chi connectivity index (χ1) is 9.08. The summed E-state index contributed by atoms with van der Waals surface area (Å²) in [6.07, 6.45) is -0.657. The largest absolute Gasteiger partial charge is 0.389 e. The summed E-state index contributed by atoms with van der Waals surface area (Å²) in [5.41, 5.74) is 3.00. The zero-order valence-electron chi connectivity index (χ0n) is 11.1. The lowest BCUT2D eigenvalue weighted by molar-refractivity contribution is 0.195. The SMILES string of the molecule is Cc1cccc(CSc2c(F)cccc2C(C)O)c1. The standard InChI is InChI=1S/C16H17FOS/c1-11-5-3-6-13(9-11)10-19-16-14(12(2)18)7-4-8-15(16)17/h3-9,12,18H,10H2,1-2H3. The number of halogens is 1.